The Balaban J connectivity index is 1.99. The molecule has 0 unspecified atom stereocenters. The van der Waals surface area contributed by atoms with Gasteiger partial charge in [-0.1, -0.05) is 17.7 Å². The van der Waals surface area contributed by atoms with Crippen molar-refractivity contribution in [2.24, 2.45) is 0 Å². The molecule has 4 rings (SSSR count). The largest absolute Gasteiger partial charge is 0.382 e. The van der Waals surface area contributed by atoms with Crippen molar-refractivity contribution in [3.8, 4) is 17.8 Å². The lowest BCUT2D eigenvalue weighted by Crippen LogP contribution is -2.28. The fourth-order valence-corrected chi connectivity index (χ4v) is 3.75. The van der Waals surface area contributed by atoms with E-state index in [1.807, 2.05) is 12.1 Å². The molecule has 10 nitrogen and oxygen atoms in total. The van der Waals surface area contributed by atoms with Crippen LogP contribution in [0.5, 0.6) is 0 Å². The Bertz CT molecular complexity index is 1600. The molecule has 0 saturated carbocycles. The smallest absolute Gasteiger partial charge is 0.267 e. The van der Waals surface area contributed by atoms with Crippen molar-refractivity contribution in [1.82, 2.24) is 19.5 Å². The summed E-state index contributed by atoms with van der Waals surface area (Å²) in [5.41, 5.74) is 11.2. The van der Waals surface area contributed by atoms with Crippen LogP contribution in [0.3, 0.4) is 0 Å². The predicted molar refractivity (Wildman–Crippen MR) is 125 cm³/mol. The molecule has 2 aromatic heterocycles. The van der Waals surface area contributed by atoms with E-state index in [-0.39, 0.29) is 50.6 Å². The minimum Gasteiger partial charge on any atom is -0.382 e. The minimum atomic E-state index is -0.773. The maximum absolute atomic E-state index is 14.3. The SMILES string of the molecule is C[C@H](Nc1nc(N)nc(N)c1C#N)c1nc2cccc(Cl)c2c(=O)n1-c1cc(F)cc(C#N)c1. The molecule has 0 aliphatic heterocycles. The first-order chi connectivity index (χ1) is 16.2. The highest BCUT2D eigenvalue weighted by atomic mass is 35.5. The van der Waals surface area contributed by atoms with E-state index in [0.717, 1.165) is 16.7 Å². The van der Waals surface area contributed by atoms with Gasteiger partial charge in [0.25, 0.3) is 5.56 Å². The second kappa shape index (κ2) is 8.65. The molecule has 4 aromatic rings. The molecule has 2 heterocycles. The first kappa shape index (κ1) is 22.5. The first-order valence-corrected chi connectivity index (χ1v) is 10.1. The average Bonchev–Trinajstić information content (AvgIpc) is 2.78. The summed E-state index contributed by atoms with van der Waals surface area (Å²) >= 11 is 6.27. The van der Waals surface area contributed by atoms with Crippen molar-refractivity contribution in [3.63, 3.8) is 0 Å². The summed E-state index contributed by atoms with van der Waals surface area (Å²) in [7, 11) is 0. The molecule has 0 spiro atoms. The van der Waals surface area contributed by atoms with Crippen LogP contribution in [-0.4, -0.2) is 19.5 Å². The van der Waals surface area contributed by atoms with E-state index in [0.29, 0.717) is 5.52 Å². The van der Waals surface area contributed by atoms with E-state index in [1.165, 1.54) is 12.1 Å². The molecule has 0 saturated heterocycles. The highest BCUT2D eigenvalue weighted by Gasteiger charge is 2.22. The predicted octanol–water partition coefficient (Wildman–Crippen LogP) is 3.05. The number of hydrogen-bond acceptors (Lipinski definition) is 9. The first-order valence-electron chi connectivity index (χ1n) is 9.75. The van der Waals surface area contributed by atoms with E-state index >= 15 is 0 Å². The summed E-state index contributed by atoms with van der Waals surface area (Å²) in [5, 5.41) is 22.0. The van der Waals surface area contributed by atoms with Crippen LogP contribution >= 0.6 is 11.6 Å². The van der Waals surface area contributed by atoms with Crippen LogP contribution in [0.4, 0.5) is 22.0 Å². The van der Waals surface area contributed by atoms with Gasteiger partial charge in [-0.25, -0.2) is 9.37 Å². The van der Waals surface area contributed by atoms with Crippen LogP contribution < -0.4 is 22.3 Å². The van der Waals surface area contributed by atoms with Gasteiger partial charge in [0, 0.05) is 0 Å². The minimum absolute atomic E-state index is 0.0100. The highest BCUT2D eigenvalue weighted by molar-refractivity contribution is 6.35. The molecule has 0 amide bonds. The fourth-order valence-electron chi connectivity index (χ4n) is 3.50. The zero-order valence-corrected chi connectivity index (χ0v) is 18.3. The summed E-state index contributed by atoms with van der Waals surface area (Å²) in [6, 6.07) is 11.3. The van der Waals surface area contributed by atoms with Gasteiger partial charge >= 0.3 is 0 Å². The van der Waals surface area contributed by atoms with Crippen molar-refractivity contribution < 1.29 is 4.39 Å². The average molecular weight is 476 g/mol. The zero-order valence-electron chi connectivity index (χ0n) is 17.5. The number of aromatic nitrogens is 4. The number of nitrogens with two attached hydrogens (primary N) is 2. The van der Waals surface area contributed by atoms with Gasteiger partial charge in [0.15, 0.2) is 5.82 Å². The van der Waals surface area contributed by atoms with Crippen LogP contribution in [0.1, 0.15) is 29.9 Å². The van der Waals surface area contributed by atoms with Crippen LogP contribution in [0.2, 0.25) is 5.02 Å². The summed E-state index contributed by atoms with van der Waals surface area (Å²) < 4.78 is 15.4. The van der Waals surface area contributed by atoms with Gasteiger partial charge in [0.1, 0.15) is 29.1 Å². The van der Waals surface area contributed by atoms with Crippen molar-refractivity contribution in [3.05, 3.63) is 74.5 Å². The second-order valence-electron chi connectivity index (χ2n) is 7.22. The van der Waals surface area contributed by atoms with Crippen LogP contribution in [-0.2, 0) is 0 Å². The monoisotopic (exact) mass is 475 g/mol. The number of fused-ring (bicyclic) bond motifs is 1. The number of benzene rings is 2. The molecule has 168 valence electrons. The van der Waals surface area contributed by atoms with Crippen molar-refractivity contribution >= 4 is 40.1 Å². The molecule has 1 atom stereocenters. The molecule has 0 aliphatic rings. The van der Waals surface area contributed by atoms with Crippen LogP contribution in [0, 0.1) is 28.5 Å². The van der Waals surface area contributed by atoms with Gasteiger partial charge < -0.3 is 16.8 Å². The molecule has 34 heavy (non-hydrogen) atoms. The van der Waals surface area contributed by atoms with Gasteiger partial charge in [-0.15, -0.1) is 0 Å². The fraction of sp³-hybridized carbons (Fsp3) is 0.0909. The molecule has 5 N–H and O–H groups in total. The summed E-state index contributed by atoms with van der Waals surface area (Å²) in [6.45, 7) is 1.65. The summed E-state index contributed by atoms with van der Waals surface area (Å²) in [5.74, 6) is -0.831. The number of rotatable bonds is 4. The maximum atomic E-state index is 14.3. The Kier molecular flexibility index (Phi) is 5.72. The zero-order chi connectivity index (χ0) is 24.6. The van der Waals surface area contributed by atoms with Gasteiger partial charge in [-0.3, -0.25) is 9.36 Å². The molecule has 0 bridgehead atoms. The highest BCUT2D eigenvalue weighted by Crippen LogP contribution is 2.27. The molecule has 0 fully saturated rings. The molecular formula is C22H15ClFN9O. The van der Waals surface area contributed by atoms with Gasteiger partial charge in [0.05, 0.1) is 39.3 Å². The van der Waals surface area contributed by atoms with Gasteiger partial charge in [0.2, 0.25) is 5.95 Å². The Morgan fingerprint density at radius 2 is 1.91 bits per heavy atom. The normalized spacial score (nSPS) is 11.6. The molecule has 0 aliphatic carbocycles. The van der Waals surface area contributed by atoms with Gasteiger partial charge in [-0.05, 0) is 37.3 Å². The molecule has 2 aromatic carbocycles. The Morgan fingerprint density at radius 3 is 2.62 bits per heavy atom. The quantitative estimate of drug-likeness (QED) is 0.400. The van der Waals surface area contributed by atoms with E-state index < -0.39 is 17.4 Å². The lowest BCUT2D eigenvalue weighted by Gasteiger charge is -2.21. The Labute approximate surface area is 196 Å². The summed E-state index contributed by atoms with van der Waals surface area (Å²) in [4.78, 5) is 25.9. The number of nitrogens with one attached hydrogen (secondary N) is 1. The van der Waals surface area contributed by atoms with Crippen LogP contribution in [0.25, 0.3) is 16.6 Å². The second-order valence-corrected chi connectivity index (χ2v) is 7.63. The van der Waals surface area contributed by atoms with E-state index in [2.05, 4.69) is 20.3 Å². The third-order valence-corrected chi connectivity index (χ3v) is 5.26. The lowest BCUT2D eigenvalue weighted by molar-refractivity contribution is 0.624. The number of anilines is 3. The lowest BCUT2D eigenvalue weighted by atomic mass is 10.1. The van der Waals surface area contributed by atoms with Crippen LogP contribution in [0.15, 0.2) is 41.2 Å². The topological polar surface area (TPSA) is 172 Å². The number of nitrogen functional groups attached to an aromatic ring is 2. The number of hydrogen-bond donors (Lipinski definition) is 3. The van der Waals surface area contributed by atoms with E-state index in [9.17, 15) is 19.7 Å². The van der Waals surface area contributed by atoms with Crippen molar-refractivity contribution in [1.29, 1.82) is 10.5 Å². The Hall–Kier alpha value is -4.74. The number of halogens is 2. The number of nitrogens with zero attached hydrogens (tertiary/aromatic N) is 6. The standard InChI is InChI=1S/C22H15ClFN9O/c1-10(29-19-14(9-26)18(27)31-22(28)32-19)20-30-16-4-2-3-15(23)17(16)21(34)33(20)13-6-11(8-25)5-12(24)7-13/h2-7,10H,1H3,(H5,27,28,29,31,32)/t10-/m0/s1. The third kappa shape index (κ3) is 3.92. The van der Waals surface area contributed by atoms with Crippen molar-refractivity contribution in [2.45, 2.75) is 13.0 Å². The molecular weight excluding hydrogens is 461 g/mol. The maximum Gasteiger partial charge on any atom is 0.267 e. The van der Waals surface area contributed by atoms with Gasteiger partial charge in [-0.2, -0.15) is 20.5 Å². The van der Waals surface area contributed by atoms with E-state index in [1.54, 1.807) is 19.1 Å². The Morgan fingerprint density at radius 1 is 1.15 bits per heavy atom. The van der Waals surface area contributed by atoms with Crippen molar-refractivity contribution in [2.75, 3.05) is 16.8 Å². The molecule has 0 radical (unpaired) electrons. The van der Waals surface area contributed by atoms with E-state index in [4.69, 9.17) is 23.1 Å². The summed E-state index contributed by atoms with van der Waals surface area (Å²) in [6.07, 6.45) is 0. The molecule has 12 heteroatoms. The number of nitriles is 2. The third-order valence-electron chi connectivity index (χ3n) is 4.95.